The predicted molar refractivity (Wildman–Crippen MR) is 94.9 cm³/mol. The molecule has 0 unspecified atom stereocenters. The zero-order valence-corrected chi connectivity index (χ0v) is 15.2. The molecule has 0 radical (unpaired) electrons. The van der Waals surface area contributed by atoms with E-state index in [9.17, 15) is 4.79 Å². The fourth-order valence-corrected chi connectivity index (χ4v) is 3.72. The van der Waals surface area contributed by atoms with E-state index in [-0.39, 0.29) is 5.56 Å². The standard InChI is InChI=1S/C17H27N3OS/c1-6-9-10-20-14(11-19(7-2)8-3)18-16-15(17(20)21)12(4)13(5)22-16/h6-11H2,1-5H3. The summed E-state index contributed by atoms with van der Waals surface area (Å²) in [5.74, 6) is 0.913. The van der Waals surface area contributed by atoms with Crippen LogP contribution in [0.4, 0.5) is 0 Å². The molecule has 22 heavy (non-hydrogen) atoms. The van der Waals surface area contributed by atoms with Crippen molar-refractivity contribution < 1.29 is 0 Å². The van der Waals surface area contributed by atoms with Crippen LogP contribution < -0.4 is 5.56 Å². The maximum atomic E-state index is 13.0. The fraction of sp³-hybridized carbons (Fsp3) is 0.647. The number of aryl methyl sites for hydroxylation is 2. The van der Waals surface area contributed by atoms with Crippen LogP contribution in [0.25, 0.3) is 10.2 Å². The van der Waals surface area contributed by atoms with Crippen LogP contribution in [-0.4, -0.2) is 27.5 Å². The summed E-state index contributed by atoms with van der Waals surface area (Å²) in [4.78, 5) is 22.2. The minimum absolute atomic E-state index is 0.141. The van der Waals surface area contributed by atoms with E-state index in [2.05, 4.69) is 32.6 Å². The van der Waals surface area contributed by atoms with Crippen molar-refractivity contribution >= 4 is 21.6 Å². The summed E-state index contributed by atoms with van der Waals surface area (Å²) in [5, 5.41) is 0.821. The molecule has 122 valence electrons. The van der Waals surface area contributed by atoms with Gasteiger partial charge in [0.25, 0.3) is 5.56 Å². The molecule has 0 atom stereocenters. The minimum atomic E-state index is 0.141. The number of thiophene rings is 1. The van der Waals surface area contributed by atoms with Crippen molar-refractivity contribution in [2.75, 3.05) is 13.1 Å². The van der Waals surface area contributed by atoms with Gasteiger partial charge in [-0.05, 0) is 38.9 Å². The van der Waals surface area contributed by atoms with Crippen LogP contribution in [-0.2, 0) is 13.1 Å². The van der Waals surface area contributed by atoms with Gasteiger partial charge in [-0.25, -0.2) is 4.98 Å². The van der Waals surface area contributed by atoms with Gasteiger partial charge in [0.15, 0.2) is 0 Å². The van der Waals surface area contributed by atoms with Crippen LogP contribution in [0.2, 0.25) is 0 Å². The van der Waals surface area contributed by atoms with Gasteiger partial charge in [0, 0.05) is 11.4 Å². The van der Waals surface area contributed by atoms with Gasteiger partial charge in [-0.3, -0.25) is 14.3 Å². The lowest BCUT2D eigenvalue weighted by atomic mass is 10.2. The second-order valence-corrected chi connectivity index (χ2v) is 6.97. The first kappa shape index (κ1) is 17.2. The normalized spacial score (nSPS) is 11.7. The highest BCUT2D eigenvalue weighted by Gasteiger charge is 2.17. The number of fused-ring (bicyclic) bond motifs is 1. The van der Waals surface area contributed by atoms with E-state index >= 15 is 0 Å². The van der Waals surface area contributed by atoms with Crippen molar-refractivity contribution in [2.45, 2.75) is 60.5 Å². The van der Waals surface area contributed by atoms with Crippen LogP contribution in [0.15, 0.2) is 4.79 Å². The Labute approximate surface area is 136 Å². The minimum Gasteiger partial charge on any atom is -0.297 e. The van der Waals surface area contributed by atoms with E-state index in [1.807, 2.05) is 11.5 Å². The average molecular weight is 321 g/mol. The van der Waals surface area contributed by atoms with Gasteiger partial charge < -0.3 is 0 Å². The van der Waals surface area contributed by atoms with Gasteiger partial charge in [-0.15, -0.1) is 11.3 Å². The molecule has 0 fully saturated rings. The quantitative estimate of drug-likeness (QED) is 0.780. The van der Waals surface area contributed by atoms with E-state index in [0.717, 1.165) is 60.6 Å². The lowest BCUT2D eigenvalue weighted by Gasteiger charge is -2.20. The van der Waals surface area contributed by atoms with Crippen molar-refractivity contribution in [1.82, 2.24) is 14.5 Å². The molecule has 0 saturated heterocycles. The second-order valence-electron chi connectivity index (χ2n) is 5.76. The van der Waals surface area contributed by atoms with E-state index in [1.165, 1.54) is 4.88 Å². The van der Waals surface area contributed by atoms with Gasteiger partial charge in [-0.2, -0.15) is 0 Å². The zero-order chi connectivity index (χ0) is 16.3. The SMILES string of the molecule is CCCCn1c(CN(CC)CC)nc2sc(C)c(C)c2c1=O. The van der Waals surface area contributed by atoms with Gasteiger partial charge in [-0.1, -0.05) is 27.2 Å². The zero-order valence-electron chi connectivity index (χ0n) is 14.4. The summed E-state index contributed by atoms with van der Waals surface area (Å²) in [7, 11) is 0. The topological polar surface area (TPSA) is 38.1 Å². The molecular weight excluding hydrogens is 294 g/mol. The number of hydrogen-bond donors (Lipinski definition) is 0. The van der Waals surface area contributed by atoms with Gasteiger partial charge in [0.1, 0.15) is 10.7 Å². The van der Waals surface area contributed by atoms with Crippen LogP contribution >= 0.6 is 11.3 Å². The molecular formula is C17H27N3OS. The lowest BCUT2D eigenvalue weighted by molar-refractivity contribution is 0.281. The Kier molecular flexibility index (Phi) is 5.75. The average Bonchev–Trinajstić information content (AvgIpc) is 2.79. The number of nitrogens with zero attached hydrogens (tertiary/aromatic N) is 3. The van der Waals surface area contributed by atoms with Crippen molar-refractivity contribution in [3.05, 3.63) is 26.6 Å². The third kappa shape index (κ3) is 3.25. The smallest absolute Gasteiger partial charge is 0.262 e. The molecule has 0 aromatic carbocycles. The number of aromatic nitrogens is 2. The molecule has 4 nitrogen and oxygen atoms in total. The molecule has 0 N–H and O–H groups in total. The monoisotopic (exact) mass is 321 g/mol. The fourth-order valence-electron chi connectivity index (χ4n) is 2.68. The molecule has 2 aromatic rings. The van der Waals surface area contributed by atoms with Crippen LogP contribution in [0.1, 0.15) is 49.9 Å². The molecule has 2 heterocycles. The molecule has 0 aliphatic heterocycles. The Balaban J connectivity index is 2.59. The Morgan fingerprint density at radius 2 is 1.86 bits per heavy atom. The summed E-state index contributed by atoms with van der Waals surface area (Å²) in [6.07, 6.45) is 2.09. The molecule has 0 spiro atoms. The molecule has 2 rings (SSSR count). The Bertz CT molecular complexity index is 698. The summed E-state index contributed by atoms with van der Waals surface area (Å²) in [6.45, 7) is 14.0. The summed E-state index contributed by atoms with van der Waals surface area (Å²) < 4.78 is 1.91. The van der Waals surface area contributed by atoms with Gasteiger partial charge in [0.2, 0.25) is 0 Å². The summed E-state index contributed by atoms with van der Waals surface area (Å²) in [6, 6.07) is 0. The molecule has 0 amide bonds. The summed E-state index contributed by atoms with van der Waals surface area (Å²) in [5.41, 5.74) is 1.24. The number of hydrogen-bond acceptors (Lipinski definition) is 4. The first-order valence-electron chi connectivity index (χ1n) is 8.25. The Morgan fingerprint density at radius 3 is 2.45 bits per heavy atom. The number of unbranched alkanes of at least 4 members (excludes halogenated alkanes) is 1. The maximum Gasteiger partial charge on any atom is 0.262 e. The lowest BCUT2D eigenvalue weighted by Crippen LogP contribution is -2.31. The number of rotatable bonds is 7. The maximum absolute atomic E-state index is 13.0. The van der Waals surface area contributed by atoms with Gasteiger partial charge in [0.05, 0.1) is 11.9 Å². The second kappa shape index (κ2) is 7.38. The molecule has 5 heteroatoms. The van der Waals surface area contributed by atoms with Crippen molar-refractivity contribution in [2.24, 2.45) is 0 Å². The predicted octanol–water partition coefficient (Wildman–Crippen LogP) is 3.72. The first-order chi connectivity index (χ1) is 10.5. The van der Waals surface area contributed by atoms with Crippen molar-refractivity contribution in [3.63, 3.8) is 0 Å². The highest BCUT2D eigenvalue weighted by atomic mass is 32.1. The molecule has 2 aromatic heterocycles. The Morgan fingerprint density at radius 1 is 1.18 bits per heavy atom. The van der Waals surface area contributed by atoms with Crippen LogP contribution in [0.5, 0.6) is 0 Å². The van der Waals surface area contributed by atoms with Gasteiger partial charge >= 0.3 is 0 Å². The highest BCUT2D eigenvalue weighted by Crippen LogP contribution is 2.26. The Hall–Kier alpha value is -1.20. The first-order valence-corrected chi connectivity index (χ1v) is 9.06. The van der Waals surface area contributed by atoms with E-state index in [1.54, 1.807) is 11.3 Å². The molecule has 0 bridgehead atoms. The van der Waals surface area contributed by atoms with E-state index in [4.69, 9.17) is 4.98 Å². The van der Waals surface area contributed by atoms with Crippen molar-refractivity contribution in [1.29, 1.82) is 0 Å². The molecule has 0 saturated carbocycles. The van der Waals surface area contributed by atoms with Crippen LogP contribution in [0, 0.1) is 13.8 Å². The largest absolute Gasteiger partial charge is 0.297 e. The molecule has 0 aliphatic carbocycles. The summed E-state index contributed by atoms with van der Waals surface area (Å²) >= 11 is 1.64. The third-order valence-electron chi connectivity index (χ3n) is 4.36. The third-order valence-corrected chi connectivity index (χ3v) is 5.46. The van der Waals surface area contributed by atoms with Crippen molar-refractivity contribution in [3.8, 4) is 0 Å². The van der Waals surface area contributed by atoms with E-state index < -0.39 is 0 Å². The van der Waals surface area contributed by atoms with E-state index in [0.29, 0.717) is 0 Å². The highest BCUT2D eigenvalue weighted by molar-refractivity contribution is 7.18. The molecule has 0 aliphatic rings. The van der Waals surface area contributed by atoms with Crippen LogP contribution in [0.3, 0.4) is 0 Å².